The molecule has 1 fully saturated rings. The number of benzene rings is 1. The number of anilines is 1. The lowest BCUT2D eigenvalue weighted by molar-refractivity contribution is -0.139. The van der Waals surface area contributed by atoms with E-state index in [2.05, 4.69) is 20.8 Å². The van der Waals surface area contributed by atoms with E-state index in [0.717, 1.165) is 9.44 Å². The molecular formula is C32H38F4N6O5S. The summed E-state index contributed by atoms with van der Waals surface area (Å²) >= 11 is 1.38. The number of alkyl halides is 4. The number of piperidine rings is 1. The maximum absolute atomic E-state index is 15.3. The largest absolute Gasteiger partial charge is 0.444 e. The first-order valence-corrected chi connectivity index (χ1v) is 16.1. The lowest BCUT2D eigenvalue weighted by Crippen LogP contribution is -2.51. The first kappa shape index (κ1) is 35.1. The van der Waals surface area contributed by atoms with Gasteiger partial charge in [0, 0.05) is 35.0 Å². The molecule has 16 heteroatoms. The number of hydrogen-bond donors (Lipinski definition) is 2. The molecule has 11 nitrogen and oxygen atoms in total. The molecule has 4 aromatic rings. The van der Waals surface area contributed by atoms with Gasteiger partial charge >= 0.3 is 12.3 Å². The molecule has 4 heterocycles. The molecule has 2 amide bonds. The molecular weight excluding hydrogens is 656 g/mol. The van der Waals surface area contributed by atoms with Crippen molar-refractivity contribution in [3.63, 3.8) is 0 Å². The Morgan fingerprint density at radius 3 is 2.56 bits per heavy atom. The molecule has 1 aliphatic heterocycles. The third kappa shape index (κ3) is 8.09. The SMILES string of the molecule is COC(C)(C)c1cc(C(=O)NCc2nc(-c3cc4c(N[C@@H]5CCN(C(=O)OC(C)(C)C)C[C@@H]5F)cccc4n3CC(F)(F)F)no2)cs1. The maximum atomic E-state index is 15.3. The number of thiophene rings is 1. The van der Waals surface area contributed by atoms with Crippen LogP contribution in [-0.2, 0) is 28.2 Å². The van der Waals surface area contributed by atoms with Crippen LogP contribution in [0.1, 0.15) is 62.2 Å². The minimum absolute atomic E-state index is 0.00907. The van der Waals surface area contributed by atoms with Crippen LogP contribution in [0.25, 0.3) is 22.4 Å². The fraction of sp³-hybridized carbons (Fsp3) is 0.500. The predicted molar refractivity (Wildman–Crippen MR) is 172 cm³/mol. The number of aromatic nitrogens is 3. The standard InChI is InChI=1S/C32H38F4N6O5S/c1-30(2,3)46-29(44)41-11-10-22(20(33)15-41)38-21-8-7-9-23-19(21)13-24(42(23)17-32(34,35)36)27-39-26(47-40-27)14-37-28(43)18-12-25(48-16-18)31(4,5)45-6/h7-9,12-13,16,20,22,38H,10-11,14-15,17H2,1-6H3,(H,37,43)/t20-,22+/m0/s1. The molecule has 48 heavy (non-hydrogen) atoms. The topological polar surface area (TPSA) is 124 Å². The molecule has 3 aromatic heterocycles. The number of fused-ring (bicyclic) bond motifs is 1. The van der Waals surface area contributed by atoms with Gasteiger partial charge < -0.3 is 34.1 Å². The zero-order chi connectivity index (χ0) is 35.0. The Kier molecular flexibility index (Phi) is 9.79. The van der Waals surface area contributed by atoms with Crippen LogP contribution in [0.4, 0.5) is 28.0 Å². The Morgan fingerprint density at radius 2 is 1.90 bits per heavy atom. The van der Waals surface area contributed by atoms with E-state index in [9.17, 15) is 22.8 Å². The third-order valence-electron chi connectivity index (χ3n) is 7.88. The summed E-state index contributed by atoms with van der Waals surface area (Å²) in [5.74, 6) is -0.515. The summed E-state index contributed by atoms with van der Waals surface area (Å²) in [6.45, 7) is 7.50. The van der Waals surface area contributed by atoms with Crippen LogP contribution in [0, 0.1) is 0 Å². The summed E-state index contributed by atoms with van der Waals surface area (Å²) in [4.78, 5) is 31.6. The number of hydrogen-bond acceptors (Lipinski definition) is 9. The van der Waals surface area contributed by atoms with Gasteiger partial charge in [0.05, 0.1) is 41.5 Å². The Balaban J connectivity index is 1.34. The molecule has 0 saturated carbocycles. The van der Waals surface area contributed by atoms with Crippen molar-refractivity contribution in [2.24, 2.45) is 0 Å². The van der Waals surface area contributed by atoms with Crippen molar-refractivity contribution in [2.45, 2.75) is 83.7 Å². The van der Waals surface area contributed by atoms with Crippen molar-refractivity contribution in [2.75, 3.05) is 25.5 Å². The van der Waals surface area contributed by atoms with Crippen molar-refractivity contribution < 1.29 is 41.1 Å². The molecule has 2 N–H and O–H groups in total. The number of likely N-dealkylation sites (tertiary alicyclic amines) is 1. The van der Waals surface area contributed by atoms with Crippen LogP contribution in [0.5, 0.6) is 0 Å². The first-order chi connectivity index (χ1) is 22.4. The molecule has 0 aliphatic carbocycles. The zero-order valence-electron chi connectivity index (χ0n) is 27.4. The highest BCUT2D eigenvalue weighted by Crippen LogP contribution is 2.35. The second-order valence-corrected chi connectivity index (χ2v) is 14.0. The number of amides is 2. The molecule has 5 rings (SSSR count). The Morgan fingerprint density at radius 1 is 1.15 bits per heavy atom. The summed E-state index contributed by atoms with van der Waals surface area (Å²) in [6, 6.07) is 7.26. The highest BCUT2D eigenvalue weighted by atomic mass is 32.1. The van der Waals surface area contributed by atoms with Crippen LogP contribution in [-0.4, -0.2) is 75.8 Å². The minimum Gasteiger partial charge on any atom is -0.444 e. The summed E-state index contributed by atoms with van der Waals surface area (Å²) < 4.78 is 73.9. The van der Waals surface area contributed by atoms with Gasteiger partial charge in [-0.2, -0.15) is 18.2 Å². The van der Waals surface area contributed by atoms with Gasteiger partial charge in [-0.15, -0.1) is 11.3 Å². The summed E-state index contributed by atoms with van der Waals surface area (Å²) in [7, 11) is 1.58. The Labute approximate surface area is 278 Å². The maximum Gasteiger partial charge on any atom is 0.410 e. The van der Waals surface area contributed by atoms with E-state index in [1.54, 1.807) is 51.5 Å². The Hall–Kier alpha value is -4.18. The predicted octanol–water partition coefficient (Wildman–Crippen LogP) is 6.89. The van der Waals surface area contributed by atoms with Crippen molar-refractivity contribution in [1.29, 1.82) is 0 Å². The number of carbonyl (C=O) groups excluding carboxylic acids is 2. The highest BCUT2D eigenvalue weighted by Gasteiger charge is 2.35. The molecule has 260 valence electrons. The molecule has 2 atom stereocenters. The van der Waals surface area contributed by atoms with E-state index in [4.69, 9.17) is 14.0 Å². The fourth-order valence-corrected chi connectivity index (χ4v) is 6.26. The van der Waals surface area contributed by atoms with Gasteiger partial charge in [0.25, 0.3) is 5.91 Å². The van der Waals surface area contributed by atoms with Gasteiger partial charge in [-0.3, -0.25) is 4.79 Å². The van der Waals surface area contributed by atoms with Crippen LogP contribution >= 0.6 is 11.3 Å². The average molecular weight is 695 g/mol. The van der Waals surface area contributed by atoms with Crippen LogP contribution < -0.4 is 10.6 Å². The first-order valence-electron chi connectivity index (χ1n) is 15.3. The van der Waals surface area contributed by atoms with Crippen LogP contribution in [0.15, 0.2) is 40.2 Å². The molecule has 0 spiro atoms. The normalized spacial score (nSPS) is 17.5. The van der Waals surface area contributed by atoms with Gasteiger partial charge in [-0.1, -0.05) is 11.2 Å². The van der Waals surface area contributed by atoms with Crippen LogP contribution in [0.2, 0.25) is 0 Å². The lowest BCUT2D eigenvalue weighted by Gasteiger charge is -2.36. The van der Waals surface area contributed by atoms with Gasteiger partial charge in [0.15, 0.2) is 0 Å². The molecule has 0 radical (unpaired) electrons. The van der Waals surface area contributed by atoms with Crippen molar-refractivity contribution in [3.05, 3.63) is 52.0 Å². The lowest BCUT2D eigenvalue weighted by atomic mass is 10.0. The molecule has 1 aliphatic rings. The van der Waals surface area contributed by atoms with Gasteiger partial charge in [-0.25, -0.2) is 9.18 Å². The number of methoxy groups -OCH3 is 1. The quantitative estimate of drug-likeness (QED) is 0.182. The number of ether oxygens (including phenoxy) is 2. The van der Waals surface area contributed by atoms with Gasteiger partial charge in [0.1, 0.15) is 18.3 Å². The summed E-state index contributed by atoms with van der Waals surface area (Å²) in [5.41, 5.74) is -0.216. The minimum atomic E-state index is -4.58. The number of halogens is 4. The monoisotopic (exact) mass is 694 g/mol. The fourth-order valence-electron chi connectivity index (χ4n) is 5.26. The van der Waals surface area contributed by atoms with Gasteiger partial charge in [0.2, 0.25) is 11.7 Å². The van der Waals surface area contributed by atoms with Crippen molar-refractivity contribution in [3.8, 4) is 11.5 Å². The molecule has 0 unspecified atom stereocenters. The number of nitrogens with zero attached hydrogens (tertiary/aromatic N) is 4. The van der Waals surface area contributed by atoms with Crippen LogP contribution in [0.3, 0.4) is 0 Å². The summed E-state index contributed by atoms with van der Waals surface area (Å²) in [6.07, 6.45) is -6.39. The van der Waals surface area contributed by atoms with E-state index in [-0.39, 0.29) is 49.0 Å². The van der Waals surface area contributed by atoms with Crippen molar-refractivity contribution in [1.82, 2.24) is 24.9 Å². The Bertz CT molecular complexity index is 1780. The van der Waals surface area contributed by atoms with E-state index in [1.807, 2.05) is 13.8 Å². The van der Waals surface area contributed by atoms with Crippen molar-refractivity contribution >= 4 is 39.9 Å². The van der Waals surface area contributed by atoms with E-state index < -0.39 is 48.1 Å². The average Bonchev–Trinajstić information content (AvgIpc) is 3.75. The second kappa shape index (κ2) is 13.4. The van der Waals surface area contributed by atoms with E-state index >= 15 is 4.39 Å². The number of carbonyl (C=O) groups is 2. The van der Waals surface area contributed by atoms with Gasteiger partial charge in [-0.05, 0) is 65.3 Å². The number of nitrogens with one attached hydrogen (secondary N) is 2. The molecule has 1 saturated heterocycles. The van der Waals surface area contributed by atoms with E-state index in [0.29, 0.717) is 16.6 Å². The second-order valence-electron chi connectivity index (χ2n) is 13.1. The third-order valence-corrected chi connectivity index (χ3v) is 9.12. The zero-order valence-corrected chi connectivity index (χ0v) is 28.2. The highest BCUT2D eigenvalue weighted by molar-refractivity contribution is 7.10. The molecule has 1 aromatic carbocycles. The number of rotatable bonds is 9. The molecule has 0 bridgehead atoms. The van der Waals surface area contributed by atoms with E-state index in [1.165, 1.54) is 28.4 Å². The summed E-state index contributed by atoms with van der Waals surface area (Å²) in [5, 5.41) is 11.8. The smallest absolute Gasteiger partial charge is 0.410 e.